The Morgan fingerprint density at radius 1 is 1.14 bits per heavy atom. The molecule has 2 aromatic carbocycles. The highest BCUT2D eigenvalue weighted by Crippen LogP contribution is 2.39. The number of aromatic hydroxyl groups is 2. The van der Waals surface area contributed by atoms with E-state index < -0.39 is 5.63 Å². The molecule has 0 aliphatic heterocycles. The van der Waals surface area contributed by atoms with Gasteiger partial charge < -0.3 is 19.4 Å². The van der Waals surface area contributed by atoms with Gasteiger partial charge in [-0.3, -0.25) is 0 Å². The molecule has 2 N–H and O–H groups in total. The summed E-state index contributed by atoms with van der Waals surface area (Å²) in [6.07, 6.45) is 0. The number of hydrogen-bond acceptors (Lipinski definition) is 5. The van der Waals surface area contributed by atoms with E-state index in [-0.39, 0.29) is 27.5 Å². The van der Waals surface area contributed by atoms with Crippen LogP contribution in [0.25, 0.3) is 21.7 Å². The van der Waals surface area contributed by atoms with Crippen LogP contribution < -0.4 is 10.4 Å². The maximum Gasteiger partial charge on any atom is 0.348 e. The monoisotopic (exact) mass is 306 g/mol. The van der Waals surface area contributed by atoms with E-state index in [1.807, 2.05) is 0 Å². The van der Waals surface area contributed by atoms with Crippen LogP contribution in [-0.2, 0) is 0 Å². The number of methoxy groups -OCH3 is 1. The average molecular weight is 307 g/mol. The van der Waals surface area contributed by atoms with Gasteiger partial charge in [-0.2, -0.15) is 0 Å². The number of hydrogen-bond donors (Lipinski definition) is 2. The first-order chi connectivity index (χ1) is 9.93. The third-order valence-electron chi connectivity index (χ3n) is 3.39. The van der Waals surface area contributed by atoms with Crippen molar-refractivity contribution in [2.75, 3.05) is 7.11 Å². The van der Waals surface area contributed by atoms with Crippen LogP contribution in [0.2, 0.25) is 5.02 Å². The van der Waals surface area contributed by atoms with Gasteiger partial charge in [0.05, 0.1) is 7.11 Å². The molecular formula is C15H11ClO5. The van der Waals surface area contributed by atoms with Crippen molar-refractivity contribution in [2.45, 2.75) is 6.92 Å². The van der Waals surface area contributed by atoms with Gasteiger partial charge in [0.1, 0.15) is 27.7 Å². The van der Waals surface area contributed by atoms with Crippen molar-refractivity contribution < 1.29 is 19.4 Å². The van der Waals surface area contributed by atoms with Crippen molar-refractivity contribution in [1.29, 1.82) is 0 Å². The average Bonchev–Trinajstić information content (AvgIpc) is 2.43. The lowest BCUT2D eigenvalue weighted by molar-refractivity contribution is 0.409. The third kappa shape index (κ3) is 1.89. The molecule has 3 rings (SSSR count). The fraction of sp³-hybridized carbons (Fsp3) is 0.133. The molecule has 0 aliphatic rings. The Morgan fingerprint density at radius 2 is 1.86 bits per heavy atom. The summed E-state index contributed by atoms with van der Waals surface area (Å²) in [5.74, 6) is -0.00428. The van der Waals surface area contributed by atoms with Crippen LogP contribution in [0, 0.1) is 6.92 Å². The molecule has 1 aromatic heterocycles. The van der Waals surface area contributed by atoms with Gasteiger partial charge in [0.15, 0.2) is 5.58 Å². The molecule has 0 saturated heterocycles. The van der Waals surface area contributed by atoms with E-state index in [0.717, 1.165) is 0 Å². The first-order valence-electron chi connectivity index (χ1n) is 6.09. The molecule has 0 radical (unpaired) electrons. The van der Waals surface area contributed by atoms with Crippen molar-refractivity contribution >= 4 is 33.3 Å². The van der Waals surface area contributed by atoms with Crippen LogP contribution in [0.3, 0.4) is 0 Å². The predicted octanol–water partition coefficient (Wildman–Crippen LogP) is 3.33. The Labute approximate surface area is 123 Å². The van der Waals surface area contributed by atoms with Gasteiger partial charge in [-0.05, 0) is 24.6 Å². The number of benzene rings is 2. The summed E-state index contributed by atoms with van der Waals surface area (Å²) < 4.78 is 10.3. The number of phenolic OH excluding ortho intramolecular Hbond substituents is 2. The van der Waals surface area contributed by atoms with Crippen molar-refractivity contribution in [3.05, 3.63) is 39.2 Å². The SMILES string of the molecule is COc1cc(O)c2c(=O)oc3c(Cl)c(O)cc(C)c3c2c1. The maximum absolute atomic E-state index is 12.1. The fourth-order valence-electron chi connectivity index (χ4n) is 2.45. The fourth-order valence-corrected chi connectivity index (χ4v) is 2.64. The number of aryl methyl sites for hydroxylation is 1. The molecule has 108 valence electrons. The zero-order chi connectivity index (χ0) is 15.3. The minimum atomic E-state index is -0.732. The zero-order valence-corrected chi connectivity index (χ0v) is 12.0. The molecule has 3 aromatic rings. The van der Waals surface area contributed by atoms with E-state index in [9.17, 15) is 15.0 Å². The lowest BCUT2D eigenvalue weighted by atomic mass is 10.0. The van der Waals surface area contributed by atoms with Crippen molar-refractivity contribution in [3.63, 3.8) is 0 Å². The smallest absolute Gasteiger partial charge is 0.348 e. The molecule has 1 heterocycles. The lowest BCUT2D eigenvalue weighted by Crippen LogP contribution is -2.02. The van der Waals surface area contributed by atoms with Crippen LogP contribution in [0.4, 0.5) is 0 Å². The molecule has 0 aliphatic carbocycles. The van der Waals surface area contributed by atoms with Gasteiger partial charge >= 0.3 is 5.63 Å². The molecule has 0 fully saturated rings. The Balaban J connectivity index is 2.68. The predicted molar refractivity (Wildman–Crippen MR) is 79.6 cm³/mol. The van der Waals surface area contributed by atoms with Gasteiger partial charge in [0.25, 0.3) is 0 Å². The molecule has 5 nitrogen and oxygen atoms in total. The standard InChI is InChI=1S/C15H11ClO5/c1-6-3-10(18)13(16)14-11(6)8-4-7(20-2)5-9(17)12(8)15(19)21-14/h3-5,17-18H,1-2H3. The van der Waals surface area contributed by atoms with Crippen LogP contribution in [0.15, 0.2) is 27.4 Å². The summed E-state index contributed by atoms with van der Waals surface area (Å²) in [7, 11) is 1.46. The summed E-state index contributed by atoms with van der Waals surface area (Å²) in [6, 6.07) is 4.43. The second-order valence-corrected chi connectivity index (χ2v) is 5.07. The summed E-state index contributed by atoms with van der Waals surface area (Å²) in [6.45, 7) is 1.74. The molecule has 6 heteroatoms. The van der Waals surface area contributed by atoms with Crippen LogP contribution in [-0.4, -0.2) is 17.3 Å². The highest BCUT2D eigenvalue weighted by atomic mass is 35.5. The Bertz CT molecular complexity index is 943. The van der Waals surface area contributed by atoms with Gasteiger partial charge in [-0.1, -0.05) is 11.6 Å². The van der Waals surface area contributed by atoms with Crippen LogP contribution in [0.5, 0.6) is 17.2 Å². The number of rotatable bonds is 1. The molecule has 0 spiro atoms. The number of halogens is 1. The second-order valence-electron chi connectivity index (χ2n) is 4.69. The van der Waals surface area contributed by atoms with Crippen LogP contribution >= 0.6 is 11.6 Å². The van der Waals surface area contributed by atoms with Crippen LogP contribution in [0.1, 0.15) is 5.56 Å². The molecule has 0 bridgehead atoms. The summed E-state index contributed by atoms with van der Waals surface area (Å²) in [4.78, 5) is 12.1. The summed E-state index contributed by atoms with van der Waals surface area (Å²) in [5.41, 5.74) is 0.0113. The van der Waals surface area contributed by atoms with Crippen molar-refractivity contribution in [1.82, 2.24) is 0 Å². The lowest BCUT2D eigenvalue weighted by Gasteiger charge is -2.10. The normalized spacial score (nSPS) is 11.2. The minimum absolute atomic E-state index is 0.0445. The van der Waals surface area contributed by atoms with Gasteiger partial charge in [-0.25, -0.2) is 4.79 Å². The zero-order valence-electron chi connectivity index (χ0n) is 11.2. The Morgan fingerprint density at radius 3 is 2.52 bits per heavy atom. The first kappa shape index (κ1) is 13.6. The quantitative estimate of drug-likeness (QED) is 0.532. The Kier molecular flexibility index (Phi) is 2.95. The van der Waals surface area contributed by atoms with Crippen molar-refractivity contribution in [3.8, 4) is 17.2 Å². The summed E-state index contributed by atoms with van der Waals surface area (Å²) in [5, 5.41) is 20.8. The molecule has 0 saturated carbocycles. The van der Waals surface area contributed by atoms with Gasteiger partial charge in [-0.15, -0.1) is 0 Å². The molecular weight excluding hydrogens is 296 g/mol. The largest absolute Gasteiger partial charge is 0.507 e. The van der Waals surface area contributed by atoms with E-state index in [0.29, 0.717) is 22.1 Å². The second kappa shape index (κ2) is 4.56. The summed E-state index contributed by atoms with van der Waals surface area (Å²) >= 11 is 6.01. The van der Waals surface area contributed by atoms with E-state index in [1.165, 1.54) is 19.2 Å². The van der Waals surface area contributed by atoms with E-state index >= 15 is 0 Å². The van der Waals surface area contributed by atoms with Gasteiger partial charge in [0, 0.05) is 16.8 Å². The molecule has 0 amide bonds. The van der Waals surface area contributed by atoms with E-state index in [1.54, 1.807) is 13.0 Å². The first-order valence-corrected chi connectivity index (χ1v) is 6.47. The Hall–Kier alpha value is -2.40. The van der Waals surface area contributed by atoms with E-state index in [2.05, 4.69) is 0 Å². The highest BCUT2D eigenvalue weighted by molar-refractivity contribution is 6.37. The number of fused-ring (bicyclic) bond motifs is 3. The van der Waals surface area contributed by atoms with E-state index in [4.69, 9.17) is 20.8 Å². The topological polar surface area (TPSA) is 79.9 Å². The highest BCUT2D eigenvalue weighted by Gasteiger charge is 2.18. The minimum Gasteiger partial charge on any atom is -0.507 e. The number of phenols is 2. The molecule has 21 heavy (non-hydrogen) atoms. The molecule has 0 unspecified atom stereocenters. The molecule has 0 atom stereocenters. The van der Waals surface area contributed by atoms with Crippen molar-refractivity contribution in [2.24, 2.45) is 0 Å². The number of ether oxygens (including phenoxy) is 1. The third-order valence-corrected chi connectivity index (χ3v) is 3.76. The maximum atomic E-state index is 12.1. The van der Waals surface area contributed by atoms with Gasteiger partial charge in [0.2, 0.25) is 0 Å².